The number of terminal acetylenes is 1. The molecule has 0 aliphatic heterocycles. The van der Waals surface area contributed by atoms with Crippen molar-refractivity contribution in [3.8, 4) is 12.3 Å². The number of hydrogen-bond acceptors (Lipinski definition) is 2. The second kappa shape index (κ2) is 3.47. The zero-order valence-corrected chi connectivity index (χ0v) is 8.29. The summed E-state index contributed by atoms with van der Waals surface area (Å²) in [7, 11) is 0. The second-order valence-corrected chi connectivity index (χ2v) is 3.73. The Morgan fingerprint density at radius 3 is 3.00 bits per heavy atom. The third-order valence-corrected chi connectivity index (χ3v) is 2.39. The van der Waals surface area contributed by atoms with E-state index < -0.39 is 0 Å². The molecule has 1 saturated carbocycles. The summed E-state index contributed by atoms with van der Waals surface area (Å²) in [5, 5.41) is 0.255. The molecule has 1 aromatic heterocycles. The first-order valence-corrected chi connectivity index (χ1v) is 4.81. The Morgan fingerprint density at radius 1 is 1.71 bits per heavy atom. The van der Waals surface area contributed by atoms with Crippen LogP contribution >= 0.6 is 11.6 Å². The number of hydrogen-bond donors (Lipinski definition) is 0. The molecule has 1 aliphatic carbocycles. The number of aromatic nitrogens is 2. The van der Waals surface area contributed by atoms with Gasteiger partial charge in [-0.25, -0.2) is 4.98 Å². The average molecular weight is 209 g/mol. The van der Waals surface area contributed by atoms with E-state index in [-0.39, 0.29) is 17.3 Å². The highest BCUT2D eigenvalue weighted by molar-refractivity contribution is 6.29. The van der Waals surface area contributed by atoms with Gasteiger partial charge in [-0.3, -0.25) is 9.36 Å². The molecular weight excluding hydrogens is 200 g/mol. The van der Waals surface area contributed by atoms with Gasteiger partial charge in [0.05, 0.1) is 6.54 Å². The minimum absolute atomic E-state index is 0.162. The number of rotatable bonds is 2. The molecule has 0 radical (unpaired) electrons. The summed E-state index contributed by atoms with van der Waals surface area (Å²) in [6.45, 7) is 0.273. The lowest BCUT2D eigenvalue weighted by Crippen LogP contribution is -2.23. The maximum atomic E-state index is 11.5. The average Bonchev–Trinajstić information content (AvgIpc) is 2.92. The van der Waals surface area contributed by atoms with E-state index in [1.54, 1.807) is 0 Å². The van der Waals surface area contributed by atoms with Gasteiger partial charge in [0.2, 0.25) is 0 Å². The van der Waals surface area contributed by atoms with Gasteiger partial charge in [0.25, 0.3) is 5.56 Å². The predicted molar refractivity (Wildman–Crippen MR) is 54.3 cm³/mol. The van der Waals surface area contributed by atoms with Crippen LogP contribution in [-0.4, -0.2) is 9.55 Å². The van der Waals surface area contributed by atoms with Gasteiger partial charge >= 0.3 is 0 Å². The Labute approximate surface area is 86.7 Å². The van der Waals surface area contributed by atoms with Crippen LogP contribution < -0.4 is 5.56 Å². The third-order valence-electron chi connectivity index (χ3n) is 2.20. The second-order valence-electron chi connectivity index (χ2n) is 3.34. The van der Waals surface area contributed by atoms with Gasteiger partial charge in [-0.15, -0.1) is 6.42 Å². The van der Waals surface area contributed by atoms with Gasteiger partial charge < -0.3 is 0 Å². The zero-order valence-electron chi connectivity index (χ0n) is 7.53. The lowest BCUT2D eigenvalue weighted by atomic mass is 10.3. The fourth-order valence-corrected chi connectivity index (χ4v) is 1.58. The van der Waals surface area contributed by atoms with Crippen LogP contribution in [0.2, 0.25) is 5.15 Å². The monoisotopic (exact) mass is 208 g/mol. The molecule has 72 valence electrons. The van der Waals surface area contributed by atoms with Crippen molar-refractivity contribution in [2.24, 2.45) is 0 Å². The highest BCUT2D eigenvalue weighted by Gasteiger charge is 2.28. The van der Waals surface area contributed by atoms with Gasteiger partial charge in [0, 0.05) is 12.0 Å². The molecule has 1 aromatic rings. The molecule has 0 atom stereocenters. The van der Waals surface area contributed by atoms with Crippen molar-refractivity contribution in [1.82, 2.24) is 9.55 Å². The largest absolute Gasteiger partial charge is 0.285 e. The topological polar surface area (TPSA) is 34.9 Å². The Kier molecular flexibility index (Phi) is 2.30. The summed E-state index contributed by atoms with van der Waals surface area (Å²) in [6, 6.07) is 1.30. The van der Waals surface area contributed by atoms with Gasteiger partial charge in [-0.2, -0.15) is 0 Å². The molecule has 0 N–H and O–H groups in total. The molecule has 3 nitrogen and oxygen atoms in total. The van der Waals surface area contributed by atoms with E-state index in [0.717, 1.165) is 18.7 Å². The van der Waals surface area contributed by atoms with Crippen molar-refractivity contribution in [3.63, 3.8) is 0 Å². The van der Waals surface area contributed by atoms with Crippen LogP contribution in [-0.2, 0) is 6.54 Å². The maximum absolute atomic E-state index is 11.5. The standard InChI is InChI=1S/C10H9ClN2O/c1-2-5-13-9(14)6-8(11)12-10(13)7-3-4-7/h1,6-7H,3-5H2. The summed E-state index contributed by atoms with van der Waals surface area (Å²) in [5.41, 5.74) is -0.162. The molecule has 0 amide bonds. The van der Waals surface area contributed by atoms with Gasteiger partial charge in [-0.1, -0.05) is 17.5 Å². The lowest BCUT2D eigenvalue weighted by molar-refractivity contribution is 0.692. The van der Waals surface area contributed by atoms with Crippen molar-refractivity contribution < 1.29 is 0 Å². The fourth-order valence-electron chi connectivity index (χ4n) is 1.40. The van der Waals surface area contributed by atoms with E-state index >= 15 is 0 Å². The van der Waals surface area contributed by atoms with Crippen molar-refractivity contribution in [2.45, 2.75) is 25.3 Å². The van der Waals surface area contributed by atoms with Crippen LogP contribution in [0, 0.1) is 12.3 Å². The summed E-state index contributed by atoms with van der Waals surface area (Å²) < 4.78 is 1.52. The Bertz CT molecular complexity index is 454. The molecular formula is C10H9ClN2O. The number of nitrogens with zero attached hydrogens (tertiary/aromatic N) is 2. The van der Waals surface area contributed by atoms with Crippen molar-refractivity contribution >= 4 is 11.6 Å². The third kappa shape index (κ3) is 1.66. The summed E-state index contributed by atoms with van der Waals surface area (Å²) in [4.78, 5) is 15.7. The van der Waals surface area contributed by atoms with E-state index in [9.17, 15) is 4.79 Å². The molecule has 2 rings (SSSR count). The molecule has 0 unspecified atom stereocenters. The summed E-state index contributed by atoms with van der Waals surface area (Å²) in [5.74, 6) is 3.55. The summed E-state index contributed by atoms with van der Waals surface area (Å²) >= 11 is 5.72. The normalized spacial score (nSPS) is 15.1. The quantitative estimate of drug-likeness (QED) is 0.544. The molecule has 0 aromatic carbocycles. The van der Waals surface area contributed by atoms with E-state index in [2.05, 4.69) is 10.9 Å². The highest BCUT2D eigenvalue weighted by Crippen LogP contribution is 2.38. The SMILES string of the molecule is C#CCn1c(C2CC2)nc(Cl)cc1=O. The molecule has 1 aliphatic rings. The highest BCUT2D eigenvalue weighted by atomic mass is 35.5. The molecule has 0 spiro atoms. The first kappa shape index (κ1) is 9.29. The maximum Gasteiger partial charge on any atom is 0.255 e. The Hall–Kier alpha value is -1.27. The first-order valence-electron chi connectivity index (χ1n) is 4.43. The van der Waals surface area contributed by atoms with E-state index in [4.69, 9.17) is 18.0 Å². The van der Waals surface area contributed by atoms with Crippen molar-refractivity contribution in [3.05, 3.63) is 27.4 Å². The fraction of sp³-hybridized carbons (Fsp3) is 0.400. The van der Waals surface area contributed by atoms with Gasteiger partial charge in [0.1, 0.15) is 11.0 Å². The lowest BCUT2D eigenvalue weighted by Gasteiger charge is -2.07. The van der Waals surface area contributed by atoms with Crippen LogP contribution in [0.15, 0.2) is 10.9 Å². The minimum atomic E-state index is -0.162. The van der Waals surface area contributed by atoms with E-state index in [0.29, 0.717) is 5.92 Å². The van der Waals surface area contributed by atoms with E-state index in [1.807, 2.05) is 0 Å². The van der Waals surface area contributed by atoms with Crippen LogP contribution in [0.1, 0.15) is 24.6 Å². The van der Waals surface area contributed by atoms with Crippen LogP contribution in [0.5, 0.6) is 0 Å². The molecule has 1 fully saturated rings. The van der Waals surface area contributed by atoms with Crippen molar-refractivity contribution in [1.29, 1.82) is 0 Å². The zero-order chi connectivity index (χ0) is 10.1. The molecule has 4 heteroatoms. The number of halogens is 1. The van der Waals surface area contributed by atoms with Gasteiger partial charge in [-0.05, 0) is 12.8 Å². The molecule has 0 bridgehead atoms. The Balaban J connectivity index is 2.54. The summed E-state index contributed by atoms with van der Waals surface area (Å²) in [6.07, 6.45) is 7.32. The van der Waals surface area contributed by atoms with Crippen LogP contribution in [0.25, 0.3) is 0 Å². The minimum Gasteiger partial charge on any atom is -0.285 e. The van der Waals surface area contributed by atoms with Crippen LogP contribution in [0.4, 0.5) is 0 Å². The Morgan fingerprint density at radius 2 is 2.43 bits per heavy atom. The van der Waals surface area contributed by atoms with E-state index in [1.165, 1.54) is 10.6 Å². The molecule has 0 saturated heterocycles. The van der Waals surface area contributed by atoms with Crippen molar-refractivity contribution in [2.75, 3.05) is 0 Å². The smallest absolute Gasteiger partial charge is 0.255 e. The predicted octanol–water partition coefficient (Wildman–Crippen LogP) is 1.41. The van der Waals surface area contributed by atoms with Crippen LogP contribution in [0.3, 0.4) is 0 Å². The molecule has 14 heavy (non-hydrogen) atoms. The first-order chi connectivity index (χ1) is 6.72. The molecule has 1 heterocycles. The van der Waals surface area contributed by atoms with Gasteiger partial charge in [0.15, 0.2) is 0 Å².